The SMILES string of the molecule is CS(=O)(=O)C(Br)C(Br)c1ccccc1. The van der Waals surface area contributed by atoms with Crippen LogP contribution in [-0.4, -0.2) is 18.8 Å². The fourth-order valence-corrected chi connectivity index (χ4v) is 3.38. The molecule has 78 valence electrons. The van der Waals surface area contributed by atoms with Crippen LogP contribution < -0.4 is 0 Å². The van der Waals surface area contributed by atoms with Crippen LogP contribution in [0, 0.1) is 0 Å². The predicted molar refractivity (Wildman–Crippen MR) is 65.7 cm³/mol. The van der Waals surface area contributed by atoms with Crippen molar-refractivity contribution in [1.29, 1.82) is 0 Å². The van der Waals surface area contributed by atoms with Gasteiger partial charge < -0.3 is 0 Å². The molecule has 1 aromatic carbocycles. The zero-order valence-corrected chi connectivity index (χ0v) is 11.5. The molecule has 0 radical (unpaired) electrons. The van der Waals surface area contributed by atoms with Gasteiger partial charge in [-0.3, -0.25) is 0 Å². The molecule has 14 heavy (non-hydrogen) atoms. The van der Waals surface area contributed by atoms with E-state index < -0.39 is 14.0 Å². The minimum Gasteiger partial charge on any atom is -0.228 e. The number of sulfone groups is 1. The summed E-state index contributed by atoms with van der Waals surface area (Å²) in [5, 5.41) is 0. The molecule has 0 aromatic heterocycles. The van der Waals surface area contributed by atoms with Crippen LogP contribution in [0.15, 0.2) is 30.3 Å². The van der Waals surface area contributed by atoms with Gasteiger partial charge in [-0.15, -0.1) is 0 Å². The summed E-state index contributed by atoms with van der Waals surface area (Å²) < 4.78 is 21.9. The van der Waals surface area contributed by atoms with Crippen molar-refractivity contribution >= 4 is 41.7 Å². The average molecular weight is 342 g/mol. The van der Waals surface area contributed by atoms with E-state index in [1.165, 1.54) is 6.26 Å². The molecule has 0 spiro atoms. The molecule has 0 saturated heterocycles. The second-order valence-electron chi connectivity index (χ2n) is 2.99. The van der Waals surface area contributed by atoms with Crippen molar-refractivity contribution in [3.63, 3.8) is 0 Å². The maximum absolute atomic E-state index is 11.3. The van der Waals surface area contributed by atoms with E-state index in [1.807, 2.05) is 30.3 Å². The van der Waals surface area contributed by atoms with E-state index in [9.17, 15) is 8.42 Å². The lowest BCUT2D eigenvalue weighted by Crippen LogP contribution is -2.17. The van der Waals surface area contributed by atoms with Crippen LogP contribution in [-0.2, 0) is 9.84 Å². The van der Waals surface area contributed by atoms with E-state index in [-0.39, 0.29) is 4.83 Å². The molecule has 0 N–H and O–H groups in total. The normalized spacial score (nSPS) is 16.2. The zero-order valence-electron chi connectivity index (χ0n) is 7.52. The van der Waals surface area contributed by atoms with Crippen LogP contribution >= 0.6 is 31.9 Å². The molecular weight excluding hydrogens is 332 g/mol. The Morgan fingerprint density at radius 1 is 1.14 bits per heavy atom. The van der Waals surface area contributed by atoms with Gasteiger partial charge in [0, 0.05) is 6.26 Å². The molecule has 0 bridgehead atoms. The smallest absolute Gasteiger partial charge is 0.161 e. The minimum absolute atomic E-state index is 0.223. The van der Waals surface area contributed by atoms with Crippen molar-refractivity contribution in [3.05, 3.63) is 35.9 Å². The van der Waals surface area contributed by atoms with Gasteiger partial charge in [-0.25, -0.2) is 8.42 Å². The van der Waals surface area contributed by atoms with Crippen LogP contribution in [0.2, 0.25) is 0 Å². The fraction of sp³-hybridized carbons (Fsp3) is 0.333. The summed E-state index contributed by atoms with van der Waals surface area (Å²) in [5.74, 6) is 0. The summed E-state index contributed by atoms with van der Waals surface area (Å²) >= 11 is 6.53. The van der Waals surface area contributed by atoms with E-state index >= 15 is 0 Å². The van der Waals surface area contributed by atoms with Crippen molar-refractivity contribution in [2.45, 2.75) is 8.99 Å². The third kappa shape index (κ3) is 3.07. The highest BCUT2D eigenvalue weighted by molar-refractivity contribution is 9.13. The van der Waals surface area contributed by atoms with E-state index in [1.54, 1.807) is 0 Å². The molecule has 1 aromatic rings. The summed E-state index contributed by atoms with van der Waals surface area (Å²) in [5.41, 5.74) is 0.944. The first-order valence-electron chi connectivity index (χ1n) is 3.95. The van der Waals surface area contributed by atoms with E-state index in [0.717, 1.165) is 5.56 Å². The highest BCUT2D eigenvalue weighted by atomic mass is 79.9. The maximum atomic E-state index is 11.3. The summed E-state index contributed by atoms with van der Waals surface area (Å²) in [6.45, 7) is 0. The highest BCUT2D eigenvalue weighted by Crippen LogP contribution is 2.33. The minimum atomic E-state index is -3.08. The third-order valence-electron chi connectivity index (χ3n) is 1.76. The second kappa shape index (κ2) is 4.77. The van der Waals surface area contributed by atoms with Gasteiger partial charge in [-0.05, 0) is 5.56 Å². The molecule has 2 nitrogen and oxygen atoms in total. The third-order valence-corrected chi connectivity index (χ3v) is 7.53. The Bertz CT molecular complexity index is 389. The molecule has 0 amide bonds. The lowest BCUT2D eigenvalue weighted by Gasteiger charge is -2.15. The quantitative estimate of drug-likeness (QED) is 0.792. The van der Waals surface area contributed by atoms with Crippen LogP contribution in [0.5, 0.6) is 0 Å². The monoisotopic (exact) mass is 340 g/mol. The van der Waals surface area contributed by atoms with E-state index in [2.05, 4.69) is 31.9 Å². The van der Waals surface area contributed by atoms with Crippen molar-refractivity contribution in [1.82, 2.24) is 0 Å². The number of benzene rings is 1. The molecule has 0 saturated carbocycles. The highest BCUT2D eigenvalue weighted by Gasteiger charge is 2.26. The van der Waals surface area contributed by atoms with Crippen molar-refractivity contribution < 1.29 is 8.42 Å². The Hall–Kier alpha value is 0.130. The lowest BCUT2D eigenvalue weighted by molar-refractivity contribution is 0.598. The summed E-state index contributed by atoms with van der Waals surface area (Å²) in [4.78, 5) is -0.223. The van der Waals surface area contributed by atoms with Crippen LogP contribution in [0.3, 0.4) is 0 Å². The molecule has 2 unspecified atom stereocenters. The van der Waals surface area contributed by atoms with Gasteiger partial charge in [0.15, 0.2) is 9.84 Å². The van der Waals surface area contributed by atoms with Gasteiger partial charge >= 0.3 is 0 Å². The molecule has 0 aliphatic rings. The maximum Gasteiger partial charge on any atom is 0.161 e. The van der Waals surface area contributed by atoms with Gasteiger partial charge in [-0.1, -0.05) is 62.2 Å². The van der Waals surface area contributed by atoms with Gasteiger partial charge in [0.1, 0.15) is 4.16 Å². The molecule has 0 aliphatic heterocycles. The Kier molecular flexibility index (Phi) is 4.15. The largest absolute Gasteiger partial charge is 0.228 e. The molecule has 5 heteroatoms. The Morgan fingerprint density at radius 3 is 2.07 bits per heavy atom. The van der Waals surface area contributed by atoms with Gasteiger partial charge in [0.05, 0.1) is 4.83 Å². The van der Waals surface area contributed by atoms with Gasteiger partial charge in [0.25, 0.3) is 0 Å². The number of hydrogen-bond acceptors (Lipinski definition) is 2. The first kappa shape index (κ1) is 12.2. The Balaban J connectivity index is 2.92. The standard InChI is InChI=1S/C9H10Br2O2S/c1-14(12,13)9(11)8(10)7-5-3-2-4-6-7/h2-6,8-9H,1H3. The first-order chi connectivity index (χ1) is 6.43. The van der Waals surface area contributed by atoms with E-state index in [4.69, 9.17) is 0 Å². The molecule has 0 aliphatic carbocycles. The van der Waals surface area contributed by atoms with Gasteiger partial charge in [0.2, 0.25) is 0 Å². The summed E-state index contributed by atoms with van der Waals surface area (Å²) in [6, 6.07) is 9.43. The lowest BCUT2D eigenvalue weighted by atomic mass is 10.2. The first-order valence-corrected chi connectivity index (χ1v) is 7.73. The van der Waals surface area contributed by atoms with Gasteiger partial charge in [-0.2, -0.15) is 0 Å². The molecule has 0 heterocycles. The van der Waals surface area contributed by atoms with Crippen LogP contribution in [0.4, 0.5) is 0 Å². The summed E-state index contributed by atoms with van der Waals surface area (Å²) in [7, 11) is -3.08. The predicted octanol–water partition coefficient (Wildman–Crippen LogP) is 2.89. The number of halogens is 2. The fourth-order valence-electron chi connectivity index (χ4n) is 1.01. The molecule has 1 rings (SSSR count). The molecular formula is C9H10Br2O2S. The number of alkyl halides is 2. The molecule has 0 fully saturated rings. The van der Waals surface area contributed by atoms with E-state index in [0.29, 0.717) is 0 Å². The van der Waals surface area contributed by atoms with Crippen LogP contribution in [0.1, 0.15) is 10.4 Å². The Morgan fingerprint density at radius 2 is 1.64 bits per heavy atom. The van der Waals surface area contributed by atoms with Crippen molar-refractivity contribution in [3.8, 4) is 0 Å². The average Bonchev–Trinajstić information content (AvgIpc) is 2.15. The van der Waals surface area contributed by atoms with Crippen molar-refractivity contribution in [2.24, 2.45) is 0 Å². The summed E-state index contributed by atoms with van der Waals surface area (Å²) in [6.07, 6.45) is 1.21. The topological polar surface area (TPSA) is 34.1 Å². The second-order valence-corrected chi connectivity index (χ2v) is 7.74. The Labute approximate surface area is 101 Å². The van der Waals surface area contributed by atoms with Crippen molar-refractivity contribution in [2.75, 3.05) is 6.26 Å². The number of hydrogen-bond donors (Lipinski definition) is 0. The zero-order chi connectivity index (χ0) is 10.8. The molecule has 2 atom stereocenters. The van der Waals surface area contributed by atoms with Crippen LogP contribution in [0.25, 0.3) is 0 Å². The number of rotatable bonds is 3.